The van der Waals surface area contributed by atoms with Gasteiger partial charge in [-0.15, -0.1) is 0 Å². The second-order valence-corrected chi connectivity index (χ2v) is 6.44. The van der Waals surface area contributed by atoms with E-state index in [1.165, 1.54) is 18.4 Å². The fourth-order valence-electron chi connectivity index (χ4n) is 4.19. The first-order valence-electron chi connectivity index (χ1n) is 8.15. The topological polar surface area (TPSA) is 82.1 Å². The number of carbonyl (C=O) groups is 1. The minimum atomic E-state index is -0.777. The number of carboxylic acid groups (broad SMARTS) is 1. The van der Waals surface area contributed by atoms with Crippen LogP contribution < -0.4 is 0 Å². The number of rotatable bonds is 3. The molecule has 2 atom stereocenters. The summed E-state index contributed by atoms with van der Waals surface area (Å²) in [5, 5.41) is 9.26. The van der Waals surface area contributed by atoms with Crippen molar-refractivity contribution in [2.45, 2.75) is 38.6 Å². The first-order chi connectivity index (χ1) is 11.1. The molecule has 2 aliphatic rings. The highest BCUT2D eigenvalue weighted by Gasteiger charge is 2.42. The zero-order valence-corrected chi connectivity index (χ0v) is 13.1. The molecule has 1 fully saturated rings. The molecule has 1 aliphatic heterocycles. The summed E-state index contributed by atoms with van der Waals surface area (Å²) in [7, 11) is 0. The lowest BCUT2D eigenvalue weighted by Gasteiger charge is -2.33. The molecular weight excluding hydrogens is 292 g/mol. The van der Waals surface area contributed by atoms with E-state index in [0.29, 0.717) is 11.6 Å². The minimum Gasteiger partial charge on any atom is -0.480 e. The Kier molecular flexibility index (Phi) is 3.32. The lowest BCUT2D eigenvalue weighted by Crippen LogP contribution is -2.38. The van der Waals surface area contributed by atoms with Gasteiger partial charge in [0.1, 0.15) is 12.4 Å². The zero-order chi connectivity index (χ0) is 16.0. The number of nitrogens with zero attached hydrogens (tertiary/aromatic N) is 3. The lowest BCUT2D eigenvalue weighted by atomic mass is 9.81. The molecule has 1 saturated carbocycles. The van der Waals surface area contributed by atoms with E-state index in [2.05, 4.69) is 19.9 Å². The summed E-state index contributed by atoms with van der Waals surface area (Å²) in [6, 6.07) is 4.15. The second kappa shape index (κ2) is 5.37. The van der Waals surface area contributed by atoms with Crippen LogP contribution in [0.4, 0.5) is 0 Å². The van der Waals surface area contributed by atoms with E-state index in [0.717, 1.165) is 29.9 Å². The standard InChI is InChI=1S/C17H20N4O2/c1-10-15(17-19-12-6-4-8-18-16(12)20-17)11-5-2-3-7-13(11)21(10)9-14(22)23/h4,6,8,11,13H,2-3,5,7,9H2,1H3,(H,22,23)(H,18,19,20). The van der Waals surface area contributed by atoms with E-state index in [9.17, 15) is 9.90 Å². The number of aromatic amines is 1. The third kappa shape index (κ3) is 2.29. The van der Waals surface area contributed by atoms with Crippen LogP contribution in [0.15, 0.2) is 24.0 Å². The van der Waals surface area contributed by atoms with Gasteiger partial charge in [-0.05, 0) is 31.9 Å². The van der Waals surface area contributed by atoms with Crippen molar-refractivity contribution in [3.8, 4) is 0 Å². The van der Waals surface area contributed by atoms with E-state index in [-0.39, 0.29) is 12.6 Å². The van der Waals surface area contributed by atoms with Crippen molar-refractivity contribution in [2.24, 2.45) is 5.92 Å². The van der Waals surface area contributed by atoms with Gasteiger partial charge in [0.25, 0.3) is 0 Å². The monoisotopic (exact) mass is 312 g/mol. The second-order valence-electron chi connectivity index (χ2n) is 6.44. The van der Waals surface area contributed by atoms with Gasteiger partial charge in [-0.2, -0.15) is 0 Å². The number of aromatic nitrogens is 3. The zero-order valence-electron chi connectivity index (χ0n) is 13.1. The molecule has 0 aromatic carbocycles. The molecule has 0 amide bonds. The largest absolute Gasteiger partial charge is 0.480 e. The van der Waals surface area contributed by atoms with E-state index >= 15 is 0 Å². The van der Waals surface area contributed by atoms with Crippen LogP contribution in [-0.4, -0.2) is 43.5 Å². The Bertz CT molecular complexity index is 762. The number of fused-ring (bicyclic) bond motifs is 2. The number of allylic oxidation sites excluding steroid dienone is 1. The maximum atomic E-state index is 11.3. The van der Waals surface area contributed by atoms with Crippen molar-refractivity contribution in [1.82, 2.24) is 19.9 Å². The van der Waals surface area contributed by atoms with Crippen molar-refractivity contribution in [1.29, 1.82) is 0 Å². The first-order valence-corrected chi connectivity index (χ1v) is 8.15. The molecule has 2 unspecified atom stereocenters. The fourth-order valence-corrected chi connectivity index (χ4v) is 4.19. The first kappa shape index (κ1) is 14.2. The molecule has 4 rings (SSSR count). The Morgan fingerprint density at radius 1 is 1.43 bits per heavy atom. The highest BCUT2D eigenvalue weighted by atomic mass is 16.4. The van der Waals surface area contributed by atoms with E-state index in [1.54, 1.807) is 6.20 Å². The molecule has 3 heterocycles. The van der Waals surface area contributed by atoms with Crippen LogP contribution in [0.2, 0.25) is 0 Å². The Hall–Kier alpha value is -2.37. The lowest BCUT2D eigenvalue weighted by molar-refractivity contribution is -0.138. The van der Waals surface area contributed by atoms with Crippen LogP contribution in [0.5, 0.6) is 0 Å². The number of nitrogens with one attached hydrogen (secondary N) is 1. The summed E-state index contributed by atoms with van der Waals surface area (Å²) in [5.74, 6) is 0.436. The summed E-state index contributed by atoms with van der Waals surface area (Å²) < 4.78 is 0. The number of hydrogen-bond donors (Lipinski definition) is 2. The van der Waals surface area contributed by atoms with Crippen molar-refractivity contribution in [3.63, 3.8) is 0 Å². The average molecular weight is 312 g/mol. The van der Waals surface area contributed by atoms with Crippen molar-refractivity contribution in [3.05, 3.63) is 29.9 Å². The highest BCUT2D eigenvalue weighted by Crippen LogP contribution is 2.46. The van der Waals surface area contributed by atoms with Crippen LogP contribution in [0.3, 0.4) is 0 Å². The van der Waals surface area contributed by atoms with Crippen LogP contribution in [-0.2, 0) is 4.79 Å². The summed E-state index contributed by atoms with van der Waals surface area (Å²) in [6.07, 6.45) is 6.25. The molecule has 2 aromatic rings. The number of carboxylic acids is 1. The Morgan fingerprint density at radius 3 is 3.04 bits per heavy atom. The van der Waals surface area contributed by atoms with Crippen LogP contribution in [0, 0.1) is 5.92 Å². The molecule has 120 valence electrons. The molecule has 6 heteroatoms. The maximum Gasteiger partial charge on any atom is 0.323 e. The summed E-state index contributed by atoms with van der Waals surface area (Å²) in [6.45, 7) is 2.09. The summed E-state index contributed by atoms with van der Waals surface area (Å²) in [4.78, 5) is 25.6. The average Bonchev–Trinajstić information content (AvgIpc) is 3.07. The Balaban J connectivity index is 1.80. The molecule has 0 saturated heterocycles. The molecule has 0 bridgehead atoms. The molecule has 2 aromatic heterocycles. The van der Waals surface area contributed by atoms with Crippen molar-refractivity contribution in [2.75, 3.05) is 6.54 Å². The quantitative estimate of drug-likeness (QED) is 0.910. The third-order valence-electron chi connectivity index (χ3n) is 5.14. The van der Waals surface area contributed by atoms with E-state index in [4.69, 9.17) is 0 Å². The number of aliphatic carboxylic acids is 1. The predicted molar refractivity (Wildman–Crippen MR) is 86.6 cm³/mol. The van der Waals surface area contributed by atoms with E-state index < -0.39 is 5.97 Å². The fraction of sp³-hybridized carbons (Fsp3) is 0.471. The predicted octanol–water partition coefficient (Wildman–Crippen LogP) is 2.65. The number of hydrogen-bond acceptors (Lipinski definition) is 4. The normalized spacial score (nSPS) is 24.3. The van der Waals surface area contributed by atoms with Gasteiger partial charge in [0.2, 0.25) is 0 Å². The van der Waals surface area contributed by atoms with Gasteiger partial charge in [-0.1, -0.05) is 12.8 Å². The smallest absolute Gasteiger partial charge is 0.323 e. The van der Waals surface area contributed by atoms with Crippen LogP contribution in [0.1, 0.15) is 38.4 Å². The van der Waals surface area contributed by atoms with E-state index in [1.807, 2.05) is 19.1 Å². The molecular formula is C17H20N4O2. The van der Waals surface area contributed by atoms with Gasteiger partial charge in [0, 0.05) is 29.4 Å². The van der Waals surface area contributed by atoms with Crippen LogP contribution >= 0.6 is 0 Å². The van der Waals surface area contributed by atoms with Gasteiger partial charge in [-0.25, -0.2) is 9.97 Å². The van der Waals surface area contributed by atoms with Gasteiger partial charge in [-0.3, -0.25) is 4.79 Å². The molecule has 6 nitrogen and oxygen atoms in total. The number of H-pyrrole nitrogens is 1. The van der Waals surface area contributed by atoms with Gasteiger partial charge in [0.15, 0.2) is 5.65 Å². The summed E-state index contributed by atoms with van der Waals surface area (Å²) >= 11 is 0. The molecule has 2 N–H and O–H groups in total. The summed E-state index contributed by atoms with van der Waals surface area (Å²) in [5.41, 5.74) is 3.86. The van der Waals surface area contributed by atoms with Crippen molar-refractivity contribution < 1.29 is 9.90 Å². The number of pyridine rings is 1. The Morgan fingerprint density at radius 2 is 2.26 bits per heavy atom. The Labute approximate surface area is 134 Å². The molecule has 23 heavy (non-hydrogen) atoms. The van der Waals surface area contributed by atoms with Gasteiger partial charge in [0.05, 0.1) is 5.52 Å². The molecule has 0 spiro atoms. The van der Waals surface area contributed by atoms with Gasteiger partial charge < -0.3 is 15.0 Å². The SMILES string of the molecule is CC1=C(c2nc3ncccc3[nH]2)C2CCCCC2N1CC(=O)O. The third-order valence-corrected chi connectivity index (χ3v) is 5.14. The number of imidazole rings is 1. The van der Waals surface area contributed by atoms with Gasteiger partial charge >= 0.3 is 5.97 Å². The van der Waals surface area contributed by atoms with Crippen LogP contribution in [0.25, 0.3) is 16.7 Å². The maximum absolute atomic E-state index is 11.3. The molecule has 1 aliphatic carbocycles. The molecule has 0 radical (unpaired) electrons. The minimum absolute atomic E-state index is 0.0645. The highest BCUT2D eigenvalue weighted by molar-refractivity contribution is 5.78. The van der Waals surface area contributed by atoms with Crippen molar-refractivity contribution >= 4 is 22.7 Å².